The Morgan fingerprint density at radius 1 is 1.42 bits per heavy atom. The Balaban J connectivity index is 2.76. The van der Waals surface area contributed by atoms with Gasteiger partial charge >= 0.3 is 0 Å². The zero-order valence-electron chi connectivity index (χ0n) is 7.66. The summed E-state index contributed by atoms with van der Waals surface area (Å²) in [6.07, 6.45) is 1.54. The first-order chi connectivity index (χ1) is 5.45. The summed E-state index contributed by atoms with van der Waals surface area (Å²) in [5.74, 6) is 0.584. The molecule has 0 aromatic carbocycles. The van der Waals surface area contributed by atoms with E-state index in [2.05, 4.69) is 0 Å². The second kappa shape index (κ2) is 3.34. The van der Waals surface area contributed by atoms with Crippen molar-refractivity contribution in [3.05, 3.63) is 0 Å². The first-order valence-corrected chi connectivity index (χ1v) is 6.14. The van der Waals surface area contributed by atoms with Crippen molar-refractivity contribution in [2.24, 2.45) is 11.7 Å². The molecule has 0 amide bonds. The minimum Gasteiger partial charge on any atom is -0.326 e. The van der Waals surface area contributed by atoms with Crippen LogP contribution in [0.4, 0.5) is 0 Å². The van der Waals surface area contributed by atoms with E-state index in [-0.39, 0.29) is 17.2 Å². The number of nitrogens with two attached hydrogens (primary N) is 1. The average molecular weight is 191 g/mol. The van der Waals surface area contributed by atoms with E-state index in [0.717, 1.165) is 12.8 Å². The molecule has 2 atom stereocenters. The lowest BCUT2D eigenvalue weighted by Gasteiger charge is -2.21. The van der Waals surface area contributed by atoms with E-state index in [1.807, 2.05) is 13.8 Å². The lowest BCUT2D eigenvalue weighted by atomic mass is 9.99. The Hall–Kier alpha value is -0.0900. The molecule has 4 heteroatoms. The monoisotopic (exact) mass is 191 g/mol. The van der Waals surface area contributed by atoms with E-state index < -0.39 is 9.84 Å². The maximum absolute atomic E-state index is 11.4. The molecule has 1 rings (SSSR count). The summed E-state index contributed by atoms with van der Waals surface area (Å²) >= 11 is 0. The molecule has 0 aromatic rings. The summed E-state index contributed by atoms with van der Waals surface area (Å²) in [6.45, 7) is 3.94. The van der Waals surface area contributed by atoms with Crippen molar-refractivity contribution in [2.45, 2.75) is 38.0 Å². The second-order valence-corrected chi connectivity index (χ2v) is 6.21. The van der Waals surface area contributed by atoms with Gasteiger partial charge in [0.1, 0.15) is 0 Å². The molecule has 2 N–H and O–H groups in total. The third-order valence-corrected chi connectivity index (χ3v) is 4.91. The van der Waals surface area contributed by atoms with Crippen LogP contribution in [0.1, 0.15) is 26.7 Å². The maximum Gasteiger partial charge on any atom is 0.154 e. The molecule has 1 heterocycles. The summed E-state index contributed by atoms with van der Waals surface area (Å²) in [5.41, 5.74) is 5.82. The van der Waals surface area contributed by atoms with Crippen LogP contribution in [0, 0.1) is 5.92 Å². The van der Waals surface area contributed by atoms with Crippen LogP contribution in [0.15, 0.2) is 0 Å². The van der Waals surface area contributed by atoms with Gasteiger partial charge in [0.15, 0.2) is 9.84 Å². The first kappa shape index (κ1) is 9.99. The van der Waals surface area contributed by atoms with Crippen molar-refractivity contribution in [2.75, 3.05) is 5.75 Å². The first-order valence-electron chi connectivity index (χ1n) is 4.42. The largest absolute Gasteiger partial charge is 0.326 e. The molecule has 3 nitrogen and oxygen atoms in total. The van der Waals surface area contributed by atoms with Gasteiger partial charge in [-0.3, -0.25) is 0 Å². The van der Waals surface area contributed by atoms with Crippen molar-refractivity contribution in [3.8, 4) is 0 Å². The van der Waals surface area contributed by atoms with Crippen LogP contribution in [0.5, 0.6) is 0 Å². The molecule has 1 aliphatic heterocycles. The molecular weight excluding hydrogens is 174 g/mol. The predicted molar refractivity (Wildman–Crippen MR) is 49.6 cm³/mol. The number of hydrogen-bond donors (Lipinski definition) is 1. The van der Waals surface area contributed by atoms with Crippen molar-refractivity contribution in [1.82, 2.24) is 0 Å². The number of hydrogen-bond acceptors (Lipinski definition) is 3. The van der Waals surface area contributed by atoms with Gasteiger partial charge in [-0.15, -0.1) is 0 Å². The Morgan fingerprint density at radius 3 is 2.33 bits per heavy atom. The molecule has 1 aliphatic rings. The summed E-state index contributed by atoms with van der Waals surface area (Å²) in [4.78, 5) is 0. The highest BCUT2D eigenvalue weighted by Gasteiger charge is 2.36. The lowest BCUT2D eigenvalue weighted by Crippen LogP contribution is -2.41. The molecule has 0 saturated carbocycles. The molecule has 1 saturated heterocycles. The molecule has 0 spiro atoms. The van der Waals surface area contributed by atoms with Crippen molar-refractivity contribution in [1.29, 1.82) is 0 Å². The van der Waals surface area contributed by atoms with Crippen LogP contribution in [0.25, 0.3) is 0 Å². The van der Waals surface area contributed by atoms with Gasteiger partial charge in [-0.1, -0.05) is 13.8 Å². The molecule has 12 heavy (non-hydrogen) atoms. The van der Waals surface area contributed by atoms with Gasteiger partial charge in [0.05, 0.1) is 11.0 Å². The van der Waals surface area contributed by atoms with Gasteiger partial charge in [0, 0.05) is 6.04 Å². The highest BCUT2D eigenvalue weighted by molar-refractivity contribution is 7.92. The molecule has 0 radical (unpaired) electrons. The van der Waals surface area contributed by atoms with E-state index in [4.69, 9.17) is 5.73 Å². The van der Waals surface area contributed by atoms with E-state index in [1.165, 1.54) is 0 Å². The fourth-order valence-corrected chi connectivity index (χ4v) is 3.87. The van der Waals surface area contributed by atoms with Crippen LogP contribution >= 0.6 is 0 Å². The summed E-state index contributed by atoms with van der Waals surface area (Å²) in [6, 6.07) is -0.183. The minimum atomic E-state index is -2.86. The highest BCUT2D eigenvalue weighted by Crippen LogP contribution is 2.24. The maximum atomic E-state index is 11.4. The Kier molecular flexibility index (Phi) is 2.78. The van der Waals surface area contributed by atoms with Gasteiger partial charge in [-0.2, -0.15) is 0 Å². The molecule has 0 aromatic heterocycles. The summed E-state index contributed by atoms with van der Waals surface area (Å²) < 4.78 is 22.9. The quantitative estimate of drug-likeness (QED) is 0.693. The predicted octanol–water partition coefficient (Wildman–Crippen LogP) is 0.547. The smallest absolute Gasteiger partial charge is 0.154 e. The highest BCUT2D eigenvalue weighted by atomic mass is 32.2. The number of sulfone groups is 1. The van der Waals surface area contributed by atoms with Crippen molar-refractivity contribution in [3.63, 3.8) is 0 Å². The lowest BCUT2D eigenvalue weighted by molar-refractivity contribution is 0.455. The third kappa shape index (κ3) is 1.80. The number of rotatable bonds is 2. The standard InChI is InChI=1S/C8H17NO2S/c1-6(2)8(9)7-4-3-5-12(7,10)11/h6-8H,3-5,9H2,1-2H3/t7-,8?/m0/s1. The minimum absolute atomic E-state index is 0.183. The fourth-order valence-electron chi connectivity index (χ4n) is 1.68. The second-order valence-electron chi connectivity index (χ2n) is 3.87. The third-order valence-electron chi connectivity index (χ3n) is 2.58. The van der Waals surface area contributed by atoms with E-state index in [0.29, 0.717) is 5.75 Å². The molecule has 0 bridgehead atoms. The van der Waals surface area contributed by atoms with Crippen LogP contribution in [-0.4, -0.2) is 25.5 Å². The topological polar surface area (TPSA) is 60.2 Å². The van der Waals surface area contributed by atoms with Gasteiger partial charge in [-0.25, -0.2) is 8.42 Å². The fraction of sp³-hybridized carbons (Fsp3) is 1.00. The molecule has 0 aliphatic carbocycles. The van der Waals surface area contributed by atoms with E-state index in [9.17, 15) is 8.42 Å². The van der Waals surface area contributed by atoms with Crippen LogP contribution in [-0.2, 0) is 9.84 Å². The zero-order chi connectivity index (χ0) is 9.35. The van der Waals surface area contributed by atoms with Gasteiger partial charge in [0.2, 0.25) is 0 Å². The summed E-state index contributed by atoms with van der Waals surface area (Å²) in [7, 11) is -2.86. The van der Waals surface area contributed by atoms with Gasteiger partial charge in [0.25, 0.3) is 0 Å². The van der Waals surface area contributed by atoms with E-state index >= 15 is 0 Å². The molecule has 1 unspecified atom stereocenters. The van der Waals surface area contributed by atoms with Crippen LogP contribution in [0.3, 0.4) is 0 Å². The molecular formula is C8H17NO2S. The normalized spacial score (nSPS) is 30.8. The van der Waals surface area contributed by atoms with E-state index in [1.54, 1.807) is 0 Å². The van der Waals surface area contributed by atoms with Gasteiger partial charge in [-0.05, 0) is 18.8 Å². The summed E-state index contributed by atoms with van der Waals surface area (Å²) in [5, 5.41) is -0.280. The Bertz CT molecular complexity index is 246. The Labute approximate surface area is 74.3 Å². The van der Waals surface area contributed by atoms with Crippen molar-refractivity contribution < 1.29 is 8.42 Å². The zero-order valence-corrected chi connectivity index (χ0v) is 8.47. The van der Waals surface area contributed by atoms with Crippen molar-refractivity contribution >= 4 is 9.84 Å². The average Bonchev–Trinajstić information content (AvgIpc) is 2.27. The van der Waals surface area contributed by atoms with Crippen LogP contribution in [0.2, 0.25) is 0 Å². The molecule has 72 valence electrons. The van der Waals surface area contributed by atoms with Gasteiger partial charge < -0.3 is 5.73 Å². The van der Waals surface area contributed by atoms with Crippen LogP contribution < -0.4 is 5.73 Å². The Morgan fingerprint density at radius 2 is 2.00 bits per heavy atom. The molecule has 1 fully saturated rings. The SMILES string of the molecule is CC(C)C(N)[C@@H]1CCCS1(=O)=O.